The van der Waals surface area contributed by atoms with Gasteiger partial charge >= 0.3 is 0 Å². The van der Waals surface area contributed by atoms with E-state index in [0.29, 0.717) is 0 Å². The smallest absolute Gasteiger partial charge is 0.0738 e. The normalized spacial score (nSPS) is 12.0. The first kappa shape index (κ1) is 11.1. The molecule has 2 rings (SSSR count). The molecule has 84 valence electrons. The van der Waals surface area contributed by atoms with Gasteiger partial charge in [0.05, 0.1) is 5.52 Å². The zero-order valence-electron chi connectivity index (χ0n) is 10.4. The van der Waals surface area contributed by atoms with Gasteiger partial charge in [0.15, 0.2) is 0 Å². The van der Waals surface area contributed by atoms with Gasteiger partial charge in [0, 0.05) is 28.4 Å². The maximum absolute atomic E-state index is 4.75. The predicted molar refractivity (Wildman–Crippen MR) is 67.6 cm³/mol. The lowest BCUT2D eigenvalue weighted by Crippen LogP contribution is -2.14. The van der Waals surface area contributed by atoms with Crippen LogP contribution in [0.4, 0.5) is 0 Å². The van der Waals surface area contributed by atoms with Gasteiger partial charge in [-0.2, -0.15) is 0 Å². The Morgan fingerprint density at radius 2 is 2.00 bits per heavy atom. The molecule has 0 amide bonds. The van der Waals surface area contributed by atoms with Gasteiger partial charge in [-0.15, -0.1) is 0 Å². The predicted octanol–water partition coefficient (Wildman–Crippen LogP) is 3.49. The summed E-state index contributed by atoms with van der Waals surface area (Å²) in [7, 11) is 0. The second kappa shape index (κ2) is 3.85. The van der Waals surface area contributed by atoms with Gasteiger partial charge in [0.2, 0.25) is 0 Å². The Bertz CT molecular complexity index is 510. The molecule has 0 aliphatic heterocycles. The molecule has 0 fully saturated rings. The lowest BCUT2D eigenvalue weighted by molar-refractivity contribution is 0.567. The minimum atomic E-state index is 0.0790. The zero-order valence-corrected chi connectivity index (χ0v) is 10.4. The number of pyridine rings is 2. The molecule has 2 aromatic rings. The van der Waals surface area contributed by atoms with Gasteiger partial charge < -0.3 is 0 Å². The molecule has 0 aliphatic carbocycles. The van der Waals surface area contributed by atoms with E-state index in [9.17, 15) is 0 Å². The van der Waals surface area contributed by atoms with E-state index < -0.39 is 0 Å². The third-order valence-electron chi connectivity index (χ3n) is 2.78. The highest BCUT2D eigenvalue weighted by atomic mass is 14.8. The molecule has 0 unspecified atom stereocenters. The van der Waals surface area contributed by atoms with E-state index in [1.165, 1.54) is 5.39 Å². The van der Waals surface area contributed by atoms with Gasteiger partial charge in [0.25, 0.3) is 0 Å². The van der Waals surface area contributed by atoms with Crippen molar-refractivity contribution in [1.29, 1.82) is 0 Å². The topological polar surface area (TPSA) is 25.8 Å². The first-order valence-corrected chi connectivity index (χ1v) is 5.77. The van der Waals surface area contributed by atoms with Crippen LogP contribution in [0, 0.1) is 0 Å². The Labute approximate surface area is 96.7 Å². The van der Waals surface area contributed by atoms with Crippen LogP contribution in [0.15, 0.2) is 24.4 Å². The number of rotatable bonds is 1. The van der Waals surface area contributed by atoms with E-state index in [2.05, 4.69) is 44.8 Å². The number of aromatic nitrogens is 2. The molecule has 0 saturated carbocycles. The van der Waals surface area contributed by atoms with Crippen LogP contribution in [0.5, 0.6) is 0 Å². The van der Waals surface area contributed by atoms with Crippen LogP contribution in [-0.2, 0) is 11.8 Å². The fourth-order valence-electron chi connectivity index (χ4n) is 1.80. The van der Waals surface area contributed by atoms with Crippen molar-refractivity contribution in [2.45, 2.75) is 39.5 Å². The fourth-order valence-corrected chi connectivity index (χ4v) is 1.80. The minimum Gasteiger partial charge on any atom is -0.257 e. The summed E-state index contributed by atoms with van der Waals surface area (Å²) in [5.41, 5.74) is 3.40. The molecule has 0 aromatic carbocycles. The molecule has 16 heavy (non-hydrogen) atoms. The molecule has 2 aromatic heterocycles. The molecule has 0 radical (unpaired) electrons. The average molecular weight is 214 g/mol. The lowest BCUT2D eigenvalue weighted by Gasteiger charge is -2.19. The average Bonchev–Trinajstić information content (AvgIpc) is 2.26. The highest BCUT2D eigenvalue weighted by Crippen LogP contribution is 2.25. The Morgan fingerprint density at radius 1 is 1.25 bits per heavy atom. The maximum Gasteiger partial charge on any atom is 0.0738 e. The summed E-state index contributed by atoms with van der Waals surface area (Å²) in [5, 5.41) is 1.18. The van der Waals surface area contributed by atoms with Crippen molar-refractivity contribution in [3.63, 3.8) is 0 Å². The Hall–Kier alpha value is -1.44. The summed E-state index contributed by atoms with van der Waals surface area (Å²) >= 11 is 0. The second-order valence-corrected chi connectivity index (χ2v) is 5.13. The van der Waals surface area contributed by atoms with Gasteiger partial charge in [-0.25, -0.2) is 0 Å². The van der Waals surface area contributed by atoms with Crippen molar-refractivity contribution < 1.29 is 0 Å². The van der Waals surface area contributed by atoms with Gasteiger partial charge in [-0.3, -0.25) is 9.97 Å². The first-order valence-electron chi connectivity index (χ1n) is 5.77. The molecule has 2 heterocycles. The number of hydrogen-bond acceptors (Lipinski definition) is 2. The molecule has 0 saturated heterocycles. The summed E-state index contributed by atoms with van der Waals surface area (Å²) in [6, 6.07) is 6.18. The van der Waals surface area contributed by atoms with Crippen molar-refractivity contribution >= 4 is 10.9 Å². The van der Waals surface area contributed by atoms with Crippen molar-refractivity contribution in [2.75, 3.05) is 0 Å². The third kappa shape index (κ3) is 1.92. The van der Waals surface area contributed by atoms with E-state index in [-0.39, 0.29) is 5.41 Å². The third-order valence-corrected chi connectivity index (χ3v) is 2.78. The molecule has 0 spiro atoms. The van der Waals surface area contributed by atoms with E-state index in [4.69, 9.17) is 4.98 Å². The summed E-state index contributed by atoms with van der Waals surface area (Å²) in [5.74, 6) is 0. The van der Waals surface area contributed by atoms with Gasteiger partial charge in [-0.05, 0) is 24.6 Å². The zero-order chi connectivity index (χ0) is 11.8. The summed E-state index contributed by atoms with van der Waals surface area (Å²) in [6.07, 6.45) is 2.79. The highest BCUT2D eigenvalue weighted by molar-refractivity contribution is 5.81. The molecule has 0 bridgehead atoms. The van der Waals surface area contributed by atoms with Gasteiger partial charge in [-0.1, -0.05) is 27.7 Å². The van der Waals surface area contributed by atoms with Crippen molar-refractivity contribution in [1.82, 2.24) is 9.97 Å². The molecule has 0 N–H and O–H groups in total. The number of nitrogens with zero attached hydrogens (tertiary/aromatic N) is 2. The van der Waals surface area contributed by atoms with E-state index >= 15 is 0 Å². The summed E-state index contributed by atoms with van der Waals surface area (Å²) in [6.45, 7) is 8.69. The van der Waals surface area contributed by atoms with Crippen molar-refractivity contribution in [2.24, 2.45) is 0 Å². The van der Waals surface area contributed by atoms with Crippen LogP contribution in [0.25, 0.3) is 10.9 Å². The Morgan fingerprint density at radius 3 is 2.62 bits per heavy atom. The quantitative estimate of drug-likeness (QED) is 0.726. The molecule has 0 aliphatic rings. The molecule has 2 heteroatoms. The van der Waals surface area contributed by atoms with Crippen LogP contribution in [0.3, 0.4) is 0 Å². The fraction of sp³-hybridized carbons (Fsp3) is 0.429. The van der Waals surface area contributed by atoms with Gasteiger partial charge in [0.1, 0.15) is 0 Å². The van der Waals surface area contributed by atoms with Crippen molar-refractivity contribution in [3.05, 3.63) is 35.8 Å². The van der Waals surface area contributed by atoms with Crippen LogP contribution in [0.1, 0.15) is 39.1 Å². The van der Waals surface area contributed by atoms with Crippen molar-refractivity contribution in [3.8, 4) is 0 Å². The van der Waals surface area contributed by atoms with E-state index in [0.717, 1.165) is 23.3 Å². The number of aryl methyl sites for hydroxylation is 1. The van der Waals surface area contributed by atoms with E-state index in [1.807, 2.05) is 12.3 Å². The Balaban J connectivity index is 2.73. The molecular formula is C14H18N2. The SMILES string of the molecule is CCc1nc(C(C)(C)C)cc2ncccc12. The second-order valence-electron chi connectivity index (χ2n) is 5.13. The first-order chi connectivity index (χ1) is 7.52. The monoisotopic (exact) mass is 214 g/mol. The van der Waals surface area contributed by atoms with Crippen LogP contribution >= 0.6 is 0 Å². The van der Waals surface area contributed by atoms with Crippen LogP contribution < -0.4 is 0 Å². The molecule has 2 nitrogen and oxygen atoms in total. The molecule has 0 atom stereocenters. The van der Waals surface area contributed by atoms with Crippen LogP contribution in [-0.4, -0.2) is 9.97 Å². The maximum atomic E-state index is 4.75. The largest absolute Gasteiger partial charge is 0.257 e. The Kier molecular flexibility index (Phi) is 2.66. The number of fused-ring (bicyclic) bond motifs is 1. The minimum absolute atomic E-state index is 0.0790. The van der Waals surface area contributed by atoms with E-state index in [1.54, 1.807) is 0 Å². The molecular weight excluding hydrogens is 196 g/mol. The lowest BCUT2D eigenvalue weighted by atomic mass is 9.90. The summed E-state index contributed by atoms with van der Waals surface area (Å²) in [4.78, 5) is 9.17. The standard InChI is InChI=1S/C14H18N2/c1-5-11-10-7-6-8-15-12(10)9-13(16-11)14(2,3)4/h6-9H,5H2,1-4H3. The van der Waals surface area contributed by atoms with Crippen LogP contribution in [0.2, 0.25) is 0 Å². The summed E-state index contributed by atoms with van der Waals surface area (Å²) < 4.78 is 0. The number of hydrogen-bond donors (Lipinski definition) is 0. The highest BCUT2D eigenvalue weighted by Gasteiger charge is 2.17.